The first-order valence-electron chi connectivity index (χ1n) is 11.5. The molecule has 2 N–H and O–H groups in total. The lowest BCUT2D eigenvalue weighted by molar-refractivity contribution is -0.182. The van der Waals surface area contributed by atoms with Crippen LogP contribution in [-0.4, -0.2) is 103 Å². The Labute approximate surface area is 203 Å². The Balaban J connectivity index is 1.88. The van der Waals surface area contributed by atoms with Gasteiger partial charge in [0.15, 0.2) is 34.7 Å². The van der Waals surface area contributed by atoms with Crippen molar-refractivity contribution in [3.8, 4) is 5.75 Å². The molecule has 2 fully saturated rings. The van der Waals surface area contributed by atoms with Gasteiger partial charge in [-0.15, -0.1) is 0 Å². The van der Waals surface area contributed by atoms with E-state index in [0.29, 0.717) is 5.56 Å². The molecule has 10 heteroatoms. The number of hydrogen-bond donors (Lipinski definition) is 2. The second kappa shape index (κ2) is 8.23. The highest BCUT2D eigenvalue weighted by Gasteiger charge is 2.69. The van der Waals surface area contributed by atoms with Gasteiger partial charge in [0.05, 0.1) is 17.5 Å². The Hall–Kier alpha value is -3.11. The summed E-state index contributed by atoms with van der Waals surface area (Å²) >= 11 is 0. The number of fused-ring (bicyclic) bond motifs is 3. The number of likely N-dealkylation sites (N-methyl/N-ethyl adjacent to an activating group) is 1. The molecular weight excluding hydrogens is 454 g/mol. The van der Waals surface area contributed by atoms with Gasteiger partial charge in [0.25, 0.3) is 0 Å². The van der Waals surface area contributed by atoms with Crippen molar-refractivity contribution in [2.75, 3.05) is 47.2 Å². The van der Waals surface area contributed by atoms with Crippen molar-refractivity contribution in [3.63, 3.8) is 0 Å². The molecule has 3 aliphatic rings. The van der Waals surface area contributed by atoms with E-state index >= 15 is 0 Å². The topological polar surface area (TPSA) is 136 Å². The number of ketones is 4. The summed E-state index contributed by atoms with van der Waals surface area (Å²) in [4.78, 5) is 71.6. The van der Waals surface area contributed by atoms with Gasteiger partial charge in [-0.25, -0.2) is 0 Å². The number of aliphatic hydroxyl groups is 1. The van der Waals surface area contributed by atoms with Crippen molar-refractivity contribution >= 4 is 34.7 Å². The van der Waals surface area contributed by atoms with Gasteiger partial charge in [0, 0.05) is 39.8 Å². The predicted molar refractivity (Wildman–Crippen MR) is 125 cm³/mol. The van der Waals surface area contributed by atoms with Crippen LogP contribution in [0.4, 0.5) is 5.69 Å². The maximum atomic E-state index is 13.9. The summed E-state index contributed by atoms with van der Waals surface area (Å²) in [5, 5.41) is 22.2. The lowest BCUT2D eigenvalue weighted by Gasteiger charge is -2.52. The molecule has 0 aromatic heterocycles. The maximum Gasteiger partial charge on any atom is 0.240 e. The third-order valence-corrected chi connectivity index (χ3v) is 7.81. The molecule has 4 rings (SSSR count). The zero-order valence-electron chi connectivity index (χ0n) is 20.7. The summed E-state index contributed by atoms with van der Waals surface area (Å²) in [6.07, 6.45) is 0.318. The van der Waals surface area contributed by atoms with Crippen LogP contribution in [0.25, 0.3) is 0 Å². The first-order valence-corrected chi connectivity index (χ1v) is 11.5. The first-order chi connectivity index (χ1) is 16.2. The van der Waals surface area contributed by atoms with Crippen LogP contribution in [0.1, 0.15) is 22.3 Å². The average Bonchev–Trinajstić information content (AvgIpc) is 2.75. The second-order valence-electron chi connectivity index (χ2n) is 10.5. The van der Waals surface area contributed by atoms with Crippen LogP contribution >= 0.6 is 0 Å². The van der Waals surface area contributed by atoms with E-state index in [1.54, 1.807) is 39.2 Å². The van der Waals surface area contributed by atoms with E-state index in [1.165, 1.54) is 25.1 Å². The van der Waals surface area contributed by atoms with Gasteiger partial charge in [-0.1, -0.05) is 0 Å². The Morgan fingerprint density at radius 2 is 1.63 bits per heavy atom. The molecule has 1 amide bonds. The summed E-state index contributed by atoms with van der Waals surface area (Å²) in [7, 11) is 9.56. The molecule has 0 radical (unpaired) electrons. The number of phenolic OH excluding ortho intramolecular Hbond substituents is 1. The quantitative estimate of drug-likeness (QED) is 0.545. The van der Waals surface area contributed by atoms with Crippen LogP contribution in [0.5, 0.6) is 5.75 Å². The lowest BCUT2D eigenvalue weighted by Crippen LogP contribution is -2.74. The number of carbonyl (C=O) groups is 5. The molecule has 188 valence electrons. The standard InChI is InChI=1S/C25H31N3O7/c1-26(2)14-7-8-15(29)17-12(14)9-11-10-13-19(27(3)4)21(31)18(24(34)28(5)6)23(33)25(13,35)22(32)16(11)20(17)30/h7-8,11,13,16,18-19,29,35H,9-10H2,1-6H3. The van der Waals surface area contributed by atoms with E-state index in [2.05, 4.69) is 0 Å². The van der Waals surface area contributed by atoms with Crippen molar-refractivity contribution in [2.24, 2.45) is 23.7 Å². The number of carbonyl (C=O) groups excluding carboxylic acids is 5. The van der Waals surface area contributed by atoms with Crippen LogP contribution in [0.2, 0.25) is 0 Å². The van der Waals surface area contributed by atoms with Gasteiger partial charge in [0.2, 0.25) is 5.91 Å². The van der Waals surface area contributed by atoms with Gasteiger partial charge in [-0.05, 0) is 50.6 Å². The van der Waals surface area contributed by atoms with E-state index in [9.17, 15) is 34.2 Å². The molecule has 0 saturated heterocycles. The van der Waals surface area contributed by atoms with Crippen LogP contribution in [0.3, 0.4) is 0 Å². The normalized spacial score (nSPS) is 32.2. The molecule has 3 aliphatic carbocycles. The second-order valence-corrected chi connectivity index (χ2v) is 10.5. The van der Waals surface area contributed by atoms with Crippen molar-refractivity contribution in [3.05, 3.63) is 23.3 Å². The van der Waals surface area contributed by atoms with Crippen molar-refractivity contribution in [1.82, 2.24) is 9.80 Å². The van der Waals surface area contributed by atoms with Crippen molar-refractivity contribution in [1.29, 1.82) is 0 Å². The van der Waals surface area contributed by atoms with Crippen LogP contribution in [0.15, 0.2) is 12.1 Å². The minimum Gasteiger partial charge on any atom is -0.507 e. The van der Waals surface area contributed by atoms with E-state index in [0.717, 1.165) is 10.6 Å². The predicted octanol–water partition coefficient (Wildman–Crippen LogP) is -0.464. The smallest absolute Gasteiger partial charge is 0.240 e. The highest BCUT2D eigenvalue weighted by Crippen LogP contribution is 2.51. The molecule has 6 atom stereocenters. The third kappa shape index (κ3) is 3.34. The van der Waals surface area contributed by atoms with Gasteiger partial charge < -0.3 is 20.0 Å². The number of benzene rings is 1. The summed E-state index contributed by atoms with van der Waals surface area (Å²) in [5.41, 5.74) is -1.34. The Kier molecular flexibility index (Phi) is 5.88. The molecule has 2 saturated carbocycles. The highest BCUT2D eigenvalue weighted by molar-refractivity contribution is 6.32. The third-order valence-electron chi connectivity index (χ3n) is 7.81. The fraction of sp³-hybridized carbons (Fsp3) is 0.560. The molecular formula is C25H31N3O7. The zero-order valence-corrected chi connectivity index (χ0v) is 20.7. The minimum absolute atomic E-state index is 0.0114. The van der Waals surface area contributed by atoms with Gasteiger partial charge in [0.1, 0.15) is 5.75 Å². The molecule has 1 aromatic carbocycles. The van der Waals surface area contributed by atoms with Crippen LogP contribution in [0, 0.1) is 23.7 Å². The van der Waals surface area contributed by atoms with Gasteiger partial charge in [-0.3, -0.25) is 28.9 Å². The molecule has 35 heavy (non-hydrogen) atoms. The van der Waals surface area contributed by atoms with E-state index in [-0.39, 0.29) is 24.2 Å². The van der Waals surface area contributed by atoms with Crippen molar-refractivity contribution in [2.45, 2.75) is 24.5 Å². The number of nitrogens with zero attached hydrogens (tertiary/aromatic N) is 3. The first kappa shape index (κ1) is 25.0. The molecule has 1 aromatic rings. The number of hydrogen-bond acceptors (Lipinski definition) is 9. The number of amides is 1. The Morgan fingerprint density at radius 3 is 2.17 bits per heavy atom. The Bertz CT molecular complexity index is 1160. The molecule has 0 spiro atoms. The average molecular weight is 486 g/mol. The van der Waals surface area contributed by atoms with E-state index < -0.39 is 64.4 Å². The molecule has 0 aliphatic heterocycles. The Morgan fingerprint density at radius 1 is 1.00 bits per heavy atom. The summed E-state index contributed by atoms with van der Waals surface area (Å²) in [5.74, 6) is -9.44. The summed E-state index contributed by atoms with van der Waals surface area (Å²) < 4.78 is 0. The molecule has 10 nitrogen and oxygen atoms in total. The van der Waals surface area contributed by atoms with Gasteiger partial charge >= 0.3 is 0 Å². The summed E-state index contributed by atoms with van der Waals surface area (Å²) in [6.45, 7) is 0. The number of phenols is 1. The maximum absolute atomic E-state index is 13.9. The zero-order chi connectivity index (χ0) is 26.1. The fourth-order valence-electron chi connectivity index (χ4n) is 6.23. The van der Waals surface area contributed by atoms with Crippen LogP contribution in [-0.2, 0) is 25.6 Å². The van der Waals surface area contributed by atoms with Crippen LogP contribution < -0.4 is 4.90 Å². The number of aromatic hydroxyl groups is 1. The largest absolute Gasteiger partial charge is 0.507 e. The number of Topliss-reactive ketones (excluding diaryl/α,β-unsaturated/α-hetero) is 4. The molecule has 0 bridgehead atoms. The fourth-order valence-corrected chi connectivity index (χ4v) is 6.23. The number of rotatable bonds is 3. The molecule has 0 heterocycles. The molecule has 6 unspecified atom stereocenters. The monoisotopic (exact) mass is 485 g/mol. The SMILES string of the molecule is CN(C)C(=O)C1C(=O)C(N(C)C)C2CC3Cc4c(N(C)C)ccc(O)c4C(=O)C3C(=O)C2(O)C1=O. The summed E-state index contributed by atoms with van der Waals surface area (Å²) in [6, 6.07) is 2.01. The highest BCUT2D eigenvalue weighted by atomic mass is 16.3. The van der Waals surface area contributed by atoms with Crippen molar-refractivity contribution < 1.29 is 34.2 Å². The van der Waals surface area contributed by atoms with Gasteiger partial charge in [-0.2, -0.15) is 0 Å². The lowest BCUT2D eigenvalue weighted by atomic mass is 9.52. The number of anilines is 1. The van der Waals surface area contributed by atoms with E-state index in [1.807, 2.05) is 0 Å². The van der Waals surface area contributed by atoms with E-state index in [4.69, 9.17) is 0 Å². The minimum atomic E-state index is -2.66.